The van der Waals surface area contributed by atoms with Gasteiger partial charge in [0.05, 0.1) is 37.6 Å². The van der Waals surface area contributed by atoms with Gasteiger partial charge in [-0.25, -0.2) is 4.98 Å². The number of ether oxygens (including phenoxy) is 2. The van der Waals surface area contributed by atoms with Gasteiger partial charge in [0.2, 0.25) is 5.91 Å². The second-order valence-electron chi connectivity index (χ2n) is 9.18. The first-order valence-electron chi connectivity index (χ1n) is 13.1. The Morgan fingerprint density at radius 1 is 0.949 bits per heavy atom. The smallest absolute Gasteiger partial charge is 0.306 e. The van der Waals surface area contributed by atoms with Crippen molar-refractivity contribution in [3.8, 4) is 16.9 Å². The zero-order chi connectivity index (χ0) is 27.8. The van der Waals surface area contributed by atoms with Crippen LogP contribution in [0.15, 0.2) is 71.5 Å². The van der Waals surface area contributed by atoms with Crippen LogP contribution in [0.3, 0.4) is 0 Å². The standard InChI is InChI=1S/C31H33N3O5/c1-4-7-28-33-27-15-14-24(32-29(35)16-17-30(36)39-5-2)19-26(27)31(37)34(28)20-21-10-12-22(13-11-21)23-8-6-9-25(18-23)38-3/h6,8-15,18-19H,4-5,7,16-17,20H2,1-3H3,(H,32,35). The molecule has 0 saturated carbocycles. The van der Waals surface area contributed by atoms with E-state index in [4.69, 9.17) is 14.5 Å². The van der Waals surface area contributed by atoms with Crippen LogP contribution in [0.25, 0.3) is 22.0 Å². The number of benzene rings is 3. The van der Waals surface area contributed by atoms with E-state index in [0.29, 0.717) is 29.6 Å². The molecule has 0 fully saturated rings. The molecule has 39 heavy (non-hydrogen) atoms. The molecule has 4 aromatic rings. The molecule has 202 valence electrons. The number of aromatic nitrogens is 2. The summed E-state index contributed by atoms with van der Waals surface area (Å²) in [4.78, 5) is 42.3. The summed E-state index contributed by atoms with van der Waals surface area (Å²) >= 11 is 0. The molecule has 0 aliphatic heterocycles. The Bertz CT molecular complexity index is 1530. The van der Waals surface area contributed by atoms with E-state index >= 15 is 0 Å². The van der Waals surface area contributed by atoms with Crippen molar-refractivity contribution in [2.45, 2.75) is 46.1 Å². The molecule has 1 amide bonds. The van der Waals surface area contributed by atoms with Gasteiger partial charge in [-0.3, -0.25) is 19.0 Å². The second kappa shape index (κ2) is 12.9. The summed E-state index contributed by atoms with van der Waals surface area (Å²) in [6.45, 7) is 4.43. The predicted molar refractivity (Wildman–Crippen MR) is 152 cm³/mol. The third-order valence-electron chi connectivity index (χ3n) is 6.35. The number of methoxy groups -OCH3 is 1. The number of fused-ring (bicyclic) bond motifs is 1. The summed E-state index contributed by atoms with van der Waals surface area (Å²) in [7, 11) is 1.65. The average Bonchev–Trinajstić information content (AvgIpc) is 2.95. The average molecular weight is 528 g/mol. The van der Waals surface area contributed by atoms with Crippen molar-refractivity contribution < 1.29 is 19.1 Å². The fourth-order valence-corrected chi connectivity index (χ4v) is 4.38. The lowest BCUT2D eigenvalue weighted by atomic mass is 10.0. The third kappa shape index (κ3) is 6.90. The molecule has 8 nitrogen and oxygen atoms in total. The van der Waals surface area contributed by atoms with E-state index in [9.17, 15) is 14.4 Å². The van der Waals surface area contributed by atoms with Gasteiger partial charge in [0.1, 0.15) is 11.6 Å². The maximum absolute atomic E-state index is 13.6. The van der Waals surface area contributed by atoms with E-state index in [1.54, 1.807) is 36.8 Å². The van der Waals surface area contributed by atoms with Crippen molar-refractivity contribution in [2.24, 2.45) is 0 Å². The Morgan fingerprint density at radius 3 is 2.46 bits per heavy atom. The van der Waals surface area contributed by atoms with Gasteiger partial charge in [0.25, 0.3) is 5.56 Å². The summed E-state index contributed by atoms with van der Waals surface area (Å²) in [6.07, 6.45) is 1.51. The quantitative estimate of drug-likeness (QED) is 0.264. The number of carbonyl (C=O) groups is 2. The number of aryl methyl sites for hydroxylation is 1. The van der Waals surface area contributed by atoms with Crippen LogP contribution < -0.4 is 15.6 Å². The van der Waals surface area contributed by atoms with Gasteiger partial charge in [-0.15, -0.1) is 0 Å². The van der Waals surface area contributed by atoms with Gasteiger partial charge in [-0.1, -0.05) is 43.3 Å². The highest BCUT2D eigenvalue weighted by Gasteiger charge is 2.14. The van der Waals surface area contributed by atoms with Gasteiger partial charge in [-0.2, -0.15) is 0 Å². The van der Waals surface area contributed by atoms with E-state index in [1.807, 2.05) is 48.5 Å². The molecule has 1 aromatic heterocycles. The summed E-state index contributed by atoms with van der Waals surface area (Å²) in [5.74, 6) is 0.773. The second-order valence-corrected chi connectivity index (χ2v) is 9.18. The minimum absolute atomic E-state index is 0.000544. The van der Waals surface area contributed by atoms with E-state index in [2.05, 4.69) is 12.2 Å². The molecule has 3 aromatic carbocycles. The van der Waals surface area contributed by atoms with E-state index in [-0.39, 0.29) is 30.9 Å². The number of hydrogen-bond donors (Lipinski definition) is 1. The van der Waals surface area contributed by atoms with Crippen molar-refractivity contribution in [1.29, 1.82) is 0 Å². The van der Waals surface area contributed by atoms with Gasteiger partial charge < -0.3 is 14.8 Å². The zero-order valence-electron chi connectivity index (χ0n) is 22.5. The number of nitrogens with one attached hydrogen (secondary N) is 1. The first-order valence-corrected chi connectivity index (χ1v) is 13.1. The minimum Gasteiger partial charge on any atom is -0.497 e. The van der Waals surface area contributed by atoms with E-state index in [1.165, 1.54) is 0 Å². The van der Waals surface area contributed by atoms with Crippen LogP contribution in [0.2, 0.25) is 0 Å². The Balaban J connectivity index is 1.59. The largest absolute Gasteiger partial charge is 0.497 e. The number of nitrogens with zero attached hydrogens (tertiary/aromatic N) is 2. The summed E-state index contributed by atoms with van der Waals surface area (Å²) in [5.41, 5.74) is 3.98. The Hall–Kier alpha value is -4.46. The lowest BCUT2D eigenvalue weighted by Crippen LogP contribution is -2.26. The summed E-state index contributed by atoms with van der Waals surface area (Å²) < 4.78 is 11.9. The SMILES string of the molecule is CCCc1nc2ccc(NC(=O)CCC(=O)OCC)cc2c(=O)n1Cc1ccc(-c2cccc(OC)c2)cc1. The van der Waals surface area contributed by atoms with Crippen LogP contribution in [-0.4, -0.2) is 35.1 Å². The molecule has 1 N–H and O–H groups in total. The van der Waals surface area contributed by atoms with E-state index < -0.39 is 5.97 Å². The number of carbonyl (C=O) groups excluding carboxylic acids is 2. The monoisotopic (exact) mass is 527 g/mol. The minimum atomic E-state index is -0.418. The molecular weight excluding hydrogens is 494 g/mol. The van der Waals surface area contributed by atoms with Crippen molar-refractivity contribution in [1.82, 2.24) is 9.55 Å². The normalized spacial score (nSPS) is 10.8. The highest BCUT2D eigenvalue weighted by atomic mass is 16.5. The molecule has 8 heteroatoms. The van der Waals surface area contributed by atoms with Crippen LogP contribution in [0.5, 0.6) is 5.75 Å². The number of amides is 1. The van der Waals surface area contributed by atoms with Crippen LogP contribution in [0, 0.1) is 0 Å². The molecule has 0 atom stereocenters. The maximum atomic E-state index is 13.6. The van der Waals surface area contributed by atoms with Gasteiger partial charge >= 0.3 is 5.97 Å². The number of esters is 1. The Labute approximate surface area is 227 Å². The number of rotatable bonds is 11. The van der Waals surface area contributed by atoms with Gasteiger partial charge in [0, 0.05) is 18.5 Å². The van der Waals surface area contributed by atoms with Crippen molar-refractivity contribution in [2.75, 3.05) is 19.0 Å². The van der Waals surface area contributed by atoms with Gasteiger partial charge in [0.15, 0.2) is 0 Å². The van der Waals surface area contributed by atoms with Crippen LogP contribution >= 0.6 is 0 Å². The molecule has 0 saturated heterocycles. The lowest BCUT2D eigenvalue weighted by molar-refractivity contribution is -0.144. The fourth-order valence-electron chi connectivity index (χ4n) is 4.38. The molecule has 1 heterocycles. The summed E-state index contributed by atoms with van der Waals surface area (Å²) in [6, 6.07) is 21.1. The van der Waals surface area contributed by atoms with Crippen LogP contribution in [-0.2, 0) is 27.3 Å². The highest BCUT2D eigenvalue weighted by Crippen LogP contribution is 2.24. The fraction of sp³-hybridized carbons (Fsp3) is 0.290. The number of anilines is 1. The molecule has 0 spiro atoms. The molecule has 0 unspecified atom stereocenters. The van der Waals surface area contributed by atoms with Crippen LogP contribution in [0.1, 0.15) is 44.5 Å². The highest BCUT2D eigenvalue weighted by molar-refractivity contribution is 5.94. The number of hydrogen-bond acceptors (Lipinski definition) is 6. The van der Waals surface area contributed by atoms with Crippen molar-refractivity contribution >= 4 is 28.5 Å². The molecule has 0 bridgehead atoms. The molecule has 0 radical (unpaired) electrons. The lowest BCUT2D eigenvalue weighted by Gasteiger charge is -2.14. The molecule has 0 aliphatic carbocycles. The Morgan fingerprint density at radius 2 is 1.74 bits per heavy atom. The molecule has 0 aliphatic rings. The first kappa shape index (κ1) is 27.6. The zero-order valence-corrected chi connectivity index (χ0v) is 22.5. The van der Waals surface area contributed by atoms with Crippen molar-refractivity contribution in [3.63, 3.8) is 0 Å². The van der Waals surface area contributed by atoms with Gasteiger partial charge in [-0.05, 0) is 60.4 Å². The third-order valence-corrected chi connectivity index (χ3v) is 6.35. The first-order chi connectivity index (χ1) is 18.9. The van der Waals surface area contributed by atoms with E-state index in [0.717, 1.165) is 34.7 Å². The topological polar surface area (TPSA) is 99.5 Å². The predicted octanol–water partition coefficient (Wildman–Crippen LogP) is 5.35. The molecule has 4 rings (SSSR count). The molecular formula is C31H33N3O5. The Kier molecular flexibility index (Phi) is 9.10. The van der Waals surface area contributed by atoms with Crippen LogP contribution in [0.4, 0.5) is 5.69 Å². The maximum Gasteiger partial charge on any atom is 0.306 e. The van der Waals surface area contributed by atoms with Crippen molar-refractivity contribution in [3.05, 3.63) is 88.5 Å². The summed E-state index contributed by atoms with van der Waals surface area (Å²) in [5, 5.41) is 3.19.